The molecule has 9 heteroatoms. The first-order valence-electron chi connectivity index (χ1n) is 17.8. The Balaban J connectivity index is 4.23. The van der Waals surface area contributed by atoms with Gasteiger partial charge in [0.1, 0.15) is 19.3 Å². The van der Waals surface area contributed by atoms with Crippen molar-refractivity contribution in [1.82, 2.24) is 0 Å². The van der Waals surface area contributed by atoms with Crippen molar-refractivity contribution >= 4 is 13.8 Å². The van der Waals surface area contributed by atoms with E-state index in [1.165, 1.54) is 103 Å². The number of phosphoric acid groups is 1. The minimum atomic E-state index is -4.25. The van der Waals surface area contributed by atoms with Crippen LogP contribution in [0.25, 0.3) is 0 Å². The molecule has 0 heterocycles. The zero-order chi connectivity index (χ0) is 32.1. The molecular formula is C34H71NO7P+. The molecule has 0 aliphatic rings. The van der Waals surface area contributed by atoms with E-state index in [9.17, 15) is 14.3 Å². The Morgan fingerprint density at radius 2 is 1.07 bits per heavy atom. The number of nitrogens with zero attached hydrogens (tertiary/aromatic N) is 1. The first-order valence-corrected chi connectivity index (χ1v) is 19.3. The number of esters is 1. The summed E-state index contributed by atoms with van der Waals surface area (Å²) in [4.78, 5) is 22.6. The fourth-order valence-electron chi connectivity index (χ4n) is 4.85. The lowest BCUT2D eigenvalue weighted by molar-refractivity contribution is -0.870. The molecule has 1 unspecified atom stereocenters. The molecule has 43 heavy (non-hydrogen) atoms. The Hall–Kier alpha value is -0.500. The van der Waals surface area contributed by atoms with Crippen molar-refractivity contribution in [2.24, 2.45) is 0 Å². The molecule has 0 saturated carbocycles. The monoisotopic (exact) mass is 636 g/mol. The molecule has 8 nitrogen and oxygen atoms in total. The molecule has 1 N–H and O–H groups in total. The van der Waals surface area contributed by atoms with Gasteiger partial charge < -0.3 is 18.9 Å². The smallest absolute Gasteiger partial charge is 0.457 e. The predicted molar refractivity (Wildman–Crippen MR) is 178 cm³/mol. The van der Waals surface area contributed by atoms with Gasteiger partial charge >= 0.3 is 13.8 Å². The summed E-state index contributed by atoms with van der Waals surface area (Å²) in [5, 5.41) is 0. The van der Waals surface area contributed by atoms with Gasteiger partial charge in [0.25, 0.3) is 0 Å². The van der Waals surface area contributed by atoms with Gasteiger partial charge in [-0.2, -0.15) is 0 Å². The highest BCUT2D eigenvalue weighted by Gasteiger charge is 2.26. The van der Waals surface area contributed by atoms with Crippen LogP contribution in [-0.2, 0) is 27.9 Å². The third-order valence-corrected chi connectivity index (χ3v) is 8.65. The van der Waals surface area contributed by atoms with E-state index in [4.69, 9.17) is 18.5 Å². The Morgan fingerprint density at radius 1 is 0.628 bits per heavy atom. The van der Waals surface area contributed by atoms with Crippen molar-refractivity contribution in [3.05, 3.63) is 0 Å². The molecule has 0 fully saturated rings. The van der Waals surface area contributed by atoms with Gasteiger partial charge in [0, 0.05) is 13.0 Å². The summed E-state index contributed by atoms with van der Waals surface area (Å²) >= 11 is 0. The number of unbranched alkanes of at least 4 members (excludes halogenated alkanes) is 19. The second-order valence-electron chi connectivity index (χ2n) is 13.3. The Labute approximate surface area is 266 Å². The highest BCUT2D eigenvalue weighted by atomic mass is 31.2. The lowest BCUT2D eigenvalue weighted by Crippen LogP contribution is -2.37. The second-order valence-corrected chi connectivity index (χ2v) is 14.7. The number of quaternary nitrogens is 1. The molecule has 2 atom stereocenters. The fraction of sp³-hybridized carbons (Fsp3) is 0.971. The Morgan fingerprint density at radius 3 is 1.53 bits per heavy atom. The fourth-order valence-corrected chi connectivity index (χ4v) is 5.59. The van der Waals surface area contributed by atoms with Crippen LogP contribution in [0.4, 0.5) is 0 Å². The summed E-state index contributed by atoms with van der Waals surface area (Å²) in [6.07, 6.45) is 25.6. The normalized spacial score (nSPS) is 14.1. The quantitative estimate of drug-likeness (QED) is 0.0332. The van der Waals surface area contributed by atoms with Gasteiger partial charge in [-0.1, -0.05) is 136 Å². The van der Waals surface area contributed by atoms with Gasteiger partial charge in [0.2, 0.25) is 0 Å². The topological polar surface area (TPSA) is 91.3 Å². The van der Waals surface area contributed by atoms with E-state index in [1.54, 1.807) is 0 Å². The average Bonchev–Trinajstić information content (AvgIpc) is 2.94. The molecule has 0 aromatic carbocycles. The summed E-state index contributed by atoms with van der Waals surface area (Å²) in [5.41, 5.74) is 0. The van der Waals surface area contributed by atoms with Crippen LogP contribution in [0.5, 0.6) is 0 Å². The molecule has 0 spiro atoms. The van der Waals surface area contributed by atoms with Crippen LogP contribution in [0.3, 0.4) is 0 Å². The molecule has 0 amide bonds. The average molecular weight is 637 g/mol. The van der Waals surface area contributed by atoms with E-state index in [0.717, 1.165) is 32.1 Å². The maximum atomic E-state index is 12.5. The molecular weight excluding hydrogens is 565 g/mol. The van der Waals surface area contributed by atoms with E-state index in [1.807, 2.05) is 21.1 Å². The molecule has 0 aliphatic carbocycles. The van der Waals surface area contributed by atoms with Crippen LogP contribution in [-0.4, -0.2) is 75.6 Å². The molecule has 0 aromatic heterocycles. The van der Waals surface area contributed by atoms with Crippen molar-refractivity contribution in [3.8, 4) is 0 Å². The van der Waals surface area contributed by atoms with E-state index in [0.29, 0.717) is 24.1 Å². The zero-order valence-electron chi connectivity index (χ0n) is 29.0. The van der Waals surface area contributed by atoms with Gasteiger partial charge in [0.05, 0.1) is 34.4 Å². The van der Waals surface area contributed by atoms with E-state index >= 15 is 0 Å². The lowest BCUT2D eigenvalue weighted by atomic mass is 10.0. The predicted octanol–water partition coefficient (Wildman–Crippen LogP) is 9.38. The molecule has 0 aromatic rings. The summed E-state index contributed by atoms with van der Waals surface area (Å²) in [5.74, 6) is -0.319. The molecule has 258 valence electrons. The summed E-state index contributed by atoms with van der Waals surface area (Å²) in [6.45, 7) is 5.60. The molecule has 0 saturated heterocycles. The maximum absolute atomic E-state index is 12.5. The first-order chi connectivity index (χ1) is 20.6. The number of hydrogen-bond acceptors (Lipinski definition) is 6. The van der Waals surface area contributed by atoms with Crippen LogP contribution in [0.1, 0.15) is 155 Å². The third kappa shape index (κ3) is 32.7. The number of likely N-dealkylation sites (N-methyl/N-ethyl adjacent to an activating group) is 1. The largest absolute Gasteiger partial charge is 0.472 e. The first kappa shape index (κ1) is 42.5. The third-order valence-electron chi connectivity index (χ3n) is 7.67. The lowest BCUT2D eigenvalue weighted by Gasteiger charge is -2.24. The minimum Gasteiger partial charge on any atom is -0.457 e. The van der Waals surface area contributed by atoms with Crippen LogP contribution in [0, 0.1) is 0 Å². The van der Waals surface area contributed by atoms with Crippen molar-refractivity contribution in [2.45, 2.75) is 161 Å². The van der Waals surface area contributed by atoms with Gasteiger partial charge in [0.15, 0.2) is 0 Å². The number of carbonyl (C=O) groups excluding carboxylic acids is 1. The second kappa shape index (κ2) is 28.9. The van der Waals surface area contributed by atoms with E-state index in [-0.39, 0.29) is 25.8 Å². The Kier molecular flexibility index (Phi) is 28.6. The summed E-state index contributed by atoms with van der Waals surface area (Å²) in [6, 6.07) is 0. The number of rotatable bonds is 33. The minimum absolute atomic E-state index is 0.0929. The highest BCUT2D eigenvalue weighted by molar-refractivity contribution is 7.47. The number of hydrogen-bond donors (Lipinski definition) is 1. The van der Waals surface area contributed by atoms with Gasteiger partial charge in [-0.15, -0.1) is 0 Å². The number of ether oxygens (including phenoxy) is 2. The van der Waals surface area contributed by atoms with Gasteiger partial charge in [-0.3, -0.25) is 13.8 Å². The molecule has 0 rings (SSSR count). The van der Waals surface area contributed by atoms with Crippen molar-refractivity contribution in [1.29, 1.82) is 0 Å². The van der Waals surface area contributed by atoms with Crippen molar-refractivity contribution < 1.29 is 37.3 Å². The molecule has 0 aliphatic heterocycles. The SMILES string of the molecule is CCCCCCCCCCCCCCCCOC[C@H](COP(=O)(O)OCC[N+](C)(C)C)OC(=O)CCCCCCCCC. The number of phosphoric ester groups is 1. The molecule has 0 bridgehead atoms. The maximum Gasteiger partial charge on any atom is 0.472 e. The van der Waals surface area contributed by atoms with E-state index in [2.05, 4.69) is 13.8 Å². The molecule has 0 radical (unpaired) electrons. The highest BCUT2D eigenvalue weighted by Crippen LogP contribution is 2.43. The van der Waals surface area contributed by atoms with Crippen LogP contribution in [0.15, 0.2) is 0 Å². The Bertz CT molecular complexity index is 672. The summed E-state index contributed by atoms with van der Waals surface area (Å²) in [7, 11) is 1.68. The zero-order valence-corrected chi connectivity index (χ0v) is 29.9. The number of carbonyl (C=O) groups is 1. The van der Waals surface area contributed by atoms with E-state index < -0.39 is 13.9 Å². The standard InChI is InChI=1S/C34H70NO7P/c1-6-8-10-12-14-15-16-17-18-19-20-22-24-26-29-39-31-33(32-41-43(37,38)40-30-28-35(3,4)5)42-34(36)27-25-23-21-13-11-9-7-2/h33H,6-32H2,1-5H3/p+1/t33-/m1/s1. The van der Waals surface area contributed by atoms with Crippen molar-refractivity contribution in [3.63, 3.8) is 0 Å². The van der Waals surface area contributed by atoms with Gasteiger partial charge in [-0.05, 0) is 12.8 Å². The summed E-state index contributed by atoms with van der Waals surface area (Å²) < 4.78 is 34.7. The van der Waals surface area contributed by atoms with Crippen molar-refractivity contribution in [2.75, 3.05) is 54.1 Å². The van der Waals surface area contributed by atoms with Crippen LogP contribution >= 0.6 is 7.82 Å². The van der Waals surface area contributed by atoms with Gasteiger partial charge in [-0.25, -0.2) is 4.57 Å². The van der Waals surface area contributed by atoms with Crippen LogP contribution in [0.2, 0.25) is 0 Å². The van der Waals surface area contributed by atoms with Crippen LogP contribution < -0.4 is 0 Å².